The fourth-order valence-corrected chi connectivity index (χ4v) is 2.30. The van der Waals surface area contributed by atoms with Crippen molar-refractivity contribution in [2.75, 3.05) is 11.4 Å². The molecule has 1 aromatic carbocycles. The molecule has 0 bridgehead atoms. The van der Waals surface area contributed by atoms with Gasteiger partial charge in [-0.2, -0.15) is 0 Å². The molecule has 0 saturated carbocycles. The molecule has 2 rings (SSSR count). The van der Waals surface area contributed by atoms with E-state index in [4.69, 9.17) is 0 Å². The summed E-state index contributed by atoms with van der Waals surface area (Å²) < 4.78 is 0. The van der Waals surface area contributed by atoms with Crippen LogP contribution in [0, 0.1) is 13.8 Å². The molecule has 1 atom stereocenters. The zero-order valence-corrected chi connectivity index (χ0v) is 9.93. The highest BCUT2D eigenvalue weighted by molar-refractivity contribution is 5.97. The van der Waals surface area contributed by atoms with E-state index >= 15 is 0 Å². The lowest BCUT2D eigenvalue weighted by molar-refractivity contribution is -0.117. The normalized spacial score (nSPS) is 19.3. The lowest BCUT2D eigenvalue weighted by atomic mass is 10.1. The van der Waals surface area contributed by atoms with Crippen LogP contribution in [0.2, 0.25) is 0 Å². The van der Waals surface area contributed by atoms with Crippen LogP contribution in [0.25, 0.3) is 0 Å². The van der Waals surface area contributed by atoms with Crippen LogP contribution in [0.15, 0.2) is 23.2 Å². The molecule has 0 N–H and O–H groups in total. The summed E-state index contributed by atoms with van der Waals surface area (Å²) in [5.74, 6) is 0.0198. The number of aryl methyl sites for hydroxylation is 2. The van der Waals surface area contributed by atoms with Crippen molar-refractivity contribution in [1.82, 2.24) is 0 Å². The molecule has 0 aliphatic carbocycles. The van der Waals surface area contributed by atoms with Gasteiger partial charge in [0.2, 0.25) is 12.0 Å². The van der Waals surface area contributed by atoms with Gasteiger partial charge < -0.3 is 4.90 Å². The number of isocyanates is 1. The van der Waals surface area contributed by atoms with Crippen LogP contribution < -0.4 is 4.90 Å². The van der Waals surface area contributed by atoms with Crippen molar-refractivity contribution < 1.29 is 9.59 Å². The molecular formula is C13H14N2O2. The molecule has 1 fully saturated rings. The second-order valence-corrected chi connectivity index (χ2v) is 4.32. The maximum absolute atomic E-state index is 11.9. The predicted octanol–water partition coefficient (Wildman–Crippen LogP) is 1.74. The van der Waals surface area contributed by atoms with Crippen molar-refractivity contribution in [3.8, 4) is 0 Å². The standard InChI is InChI=1S/C13H14N2O2/c1-9-4-3-5-10(2)13(9)15-7-11(14-8-16)6-12(15)17/h3-5,11H,6-7H2,1-2H3. The second-order valence-electron chi connectivity index (χ2n) is 4.32. The summed E-state index contributed by atoms with van der Waals surface area (Å²) in [5.41, 5.74) is 3.07. The lowest BCUT2D eigenvalue weighted by Crippen LogP contribution is -2.26. The average Bonchev–Trinajstić information content (AvgIpc) is 2.60. The van der Waals surface area contributed by atoms with E-state index < -0.39 is 0 Å². The third kappa shape index (κ3) is 2.12. The topological polar surface area (TPSA) is 49.7 Å². The Bertz CT molecular complexity index is 484. The van der Waals surface area contributed by atoms with E-state index in [-0.39, 0.29) is 11.9 Å². The Morgan fingerprint density at radius 2 is 2.00 bits per heavy atom. The average molecular weight is 230 g/mol. The smallest absolute Gasteiger partial charge is 0.235 e. The van der Waals surface area contributed by atoms with Crippen LogP contribution >= 0.6 is 0 Å². The number of anilines is 1. The molecule has 1 amide bonds. The zero-order valence-electron chi connectivity index (χ0n) is 9.93. The minimum atomic E-state index is -0.251. The number of para-hydroxylation sites is 1. The lowest BCUT2D eigenvalue weighted by Gasteiger charge is -2.20. The molecule has 17 heavy (non-hydrogen) atoms. The molecule has 1 heterocycles. The molecule has 0 radical (unpaired) electrons. The number of aliphatic imine (C=N–C) groups is 1. The summed E-state index contributed by atoms with van der Waals surface area (Å²) >= 11 is 0. The van der Waals surface area contributed by atoms with Crippen LogP contribution in [0.3, 0.4) is 0 Å². The molecule has 88 valence electrons. The van der Waals surface area contributed by atoms with Crippen LogP contribution in [0.5, 0.6) is 0 Å². The maximum atomic E-state index is 11.9. The number of rotatable bonds is 2. The van der Waals surface area contributed by atoms with Gasteiger partial charge in [0.05, 0.1) is 12.5 Å². The Labute approximate surface area is 100.0 Å². The highest BCUT2D eigenvalue weighted by Crippen LogP contribution is 2.29. The van der Waals surface area contributed by atoms with Gasteiger partial charge in [-0.25, -0.2) is 9.79 Å². The Balaban J connectivity index is 2.35. The third-order valence-electron chi connectivity index (χ3n) is 3.05. The zero-order chi connectivity index (χ0) is 12.4. The van der Waals surface area contributed by atoms with Gasteiger partial charge in [-0.05, 0) is 25.0 Å². The van der Waals surface area contributed by atoms with Crippen LogP contribution in [-0.2, 0) is 9.59 Å². The van der Waals surface area contributed by atoms with Crippen molar-refractivity contribution in [3.05, 3.63) is 29.3 Å². The van der Waals surface area contributed by atoms with Crippen molar-refractivity contribution in [3.63, 3.8) is 0 Å². The van der Waals surface area contributed by atoms with Crippen LogP contribution in [-0.4, -0.2) is 24.6 Å². The fourth-order valence-electron chi connectivity index (χ4n) is 2.30. The molecule has 1 aliphatic rings. The summed E-state index contributed by atoms with van der Waals surface area (Å²) in [4.78, 5) is 27.5. The van der Waals surface area contributed by atoms with Crippen molar-refractivity contribution >= 4 is 17.7 Å². The molecular weight excluding hydrogens is 216 g/mol. The molecule has 4 heteroatoms. The number of amides is 1. The summed E-state index contributed by atoms with van der Waals surface area (Å²) in [7, 11) is 0. The first-order valence-electron chi connectivity index (χ1n) is 5.57. The first kappa shape index (κ1) is 11.6. The molecule has 1 unspecified atom stereocenters. The highest BCUT2D eigenvalue weighted by Gasteiger charge is 2.31. The number of carbonyl (C=O) groups is 1. The van der Waals surface area contributed by atoms with Crippen molar-refractivity contribution in [2.24, 2.45) is 4.99 Å². The van der Waals surface area contributed by atoms with E-state index in [9.17, 15) is 9.59 Å². The summed E-state index contributed by atoms with van der Waals surface area (Å²) in [6, 6.07) is 5.67. The largest absolute Gasteiger partial charge is 0.310 e. The summed E-state index contributed by atoms with van der Waals surface area (Å²) in [5, 5.41) is 0. The first-order valence-corrected chi connectivity index (χ1v) is 5.57. The van der Waals surface area contributed by atoms with Gasteiger partial charge in [0, 0.05) is 12.2 Å². The number of carbonyl (C=O) groups excluding carboxylic acids is 2. The molecule has 0 aromatic heterocycles. The van der Waals surface area contributed by atoms with Crippen molar-refractivity contribution in [1.29, 1.82) is 0 Å². The number of benzene rings is 1. The fraction of sp³-hybridized carbons (Fsp3) is 0.385. The number of hydrogen-bond donors (Lipinski definition) is 0. The maximum Gasteiger partial charge on any atom is 0.235 e. The molecule has 1 aliphatic heterocycles. The van der Waals surface area contributed by atoms with Gasteiger partial charge >= 0.3 is 0 Å². The second kappa shape index (κ2) is 4.52. The minimum Gasteiger partial charge on any atom is -0.310 e. The first-order chi connectivity index (χ1) is 8.13. The van der Waals surface area contributed by atoms with E-state index in [1.807, 2.05) is 32.0 Å². The van der Waals surface area contributed by atoms with Gasteiger partial charge in [0.1, 0.15) is 0 Å². The SMILES string of the molecule is Cc1cccc(C)c1N1CC(N=C=O)CC1=O. The Morgan fingerprint density at radius 3 is 2.59 bits per heavy atom. The van der Waals surface area contributed by atoms with E-state index in [0.717, 1.165) is 16.8 Å². The number of hydrogen-bond acceptors (Lipinski definition) is 3. The Morgan fingerprint density at radius 1 is 1.35 bits per heavy atom. The van der Waals surface area contributed by atoms with E-state index in [1.165, 1.54) is 6.08 Å². The van der Waals surface area contributed by atoms with Gasteiger partial charge in [-0.15, -0.1) is 0 Å². The third-order valence-corrected chi connectivity index (χ3v) is 3.05. The van der Waals surface area contributed by atoms with Crippen LogP contribution in [0.1, 0.15) is 17.5 Å². The monoisotopic (exact) mass is 230 g/mol. The summed E-state index contributed by atoms with van der Waals surface area (Å²) in [6.45, 7) is 4.43. The molecule has 4 nitrogen and oxygen atoms in total. The van der Waals surface area contributed by atoms with E-state index in [2.05, 4.69) is 4.99 Å². The van der Waals surface area contributed by atoms with E-state index in [0.29, 0.717) is 13.0 Å². The van der Waals surface area contributed by atoms with E-state index in [1.54, 1.807) is 4.90 Å². The number of nitrogens with zero attached hydrogens (tertiary/aromatic N) is 2. The Kier molecular flexibility index (Phi) is 3.07. The quantitative estimate of drug-likeness (QED) is 0.574. The van der Waals surface area contributed by atoms with Crippen LogP contribution in [0.4, 0.5) is 5.69 Å². The Hall–Kier alpha value is -1.93. The van der Waals surface area contributed by atoms with Gasteiger partial charge in [-0.3, -0.25) is 4.79 Å². The minimum absolute atomic E-state index is 0.0198. The predicted molar refractivity (Wildman–Crippen MR) is 64.8 cm³/mol. The molecule has 0 spiro atoms. The van der Waals surface area contributed by atoms with Gasteiger partial charge in [0.25, 0.3) is 0 Å². The molecule has 1 aromatic rings. The van der Waals surface area contributed by atoms with Gasteiger partial charge in [0.15, 0.2) is 0 Å². The van der Waals surface area contributed by atoms with Crippen molar-refractivity contribution in [2.45, 2.75) is 26.3 Å². The summed E-state index contributed by atoms with van der Waals surface area (Å²) in [6.07, 6.45) is 1.82. The van der Waals surface area contributed by atoms with Gasteiger partial charge in [-0.1, -0.05) is 18.2 Å². The molecule has 1 saturated heterocycles. The highest BCUT2D eigenvalue weighted by atomic mass is 16.2.